The van der Waals surface area contributed by atoms with E-state index >= 15 is 0 Å². The zero-order chi connectivity index (χ0) is 11.0. The molecule has 0 atom stereocenters. The van der Waals surface area contributed by atoms with Crippen LogP contribution in [0.2, 0.25) is 10.0 Å². The Morgan fingerprint density at radius 3 is 2.60 bits per heavy atom. The fraction of sp³-hybridized carbons (Fsp3) is 0.300. The number of nitrogens with zero attached hydrogens (tertiary/aromatic N) is 1. The molecule has 1 aromatic carbocycles. The van der Waals surface area contributed by atoms with E-state index in [1.54, 1.807) is 12.1 Å². The van der Waals surface area contributed by atoms with Gasteiger partial charge in [0.2, 0.25) is 0 Å². The summed E-state index contributed by atoms with van der Waals surface area (Å²) in [5.41, 5.74) is 0.846. The minimum absolute atomic E-state index is 0.281. The van der Waals surface area contributed by atoms with Crippen molar-refractivity contribution in [1.82, 2.24) is 0 Å². The molecule has 80 valence electrons. The summed E-state index contributed by atoms with van der Waals surface area (Å²) in [6.07, 6.45) is 0. The predicted molar refractivity (Wildman–Crippen MR) is 59.8 cm³/mol. The smallest absolute Gasteiger partial charge is 0.310 e. The van der Waals surface area contributed by atoms with Crippen molar-refractivity contribution >= 4 is 34.9 Å². The molecule has 1 N–H and O–H groups in total. The van der Waals surface area contributed by atoms with Crippen molar-refractivity contribution in [3.05, 3.63) is 28.2 Å². The average Bonchev–Trinajstić information content (AvgIpc) is 2.05. The van der Waals surface area contributed by atoms with Crippen LogP contribution in [0, 0.1) is 5.92 Å². The van der Waals surface area contributed by atoms with E-state index in [-0.39, 0.29) is 5.92 Å². The van der Waals surface area contributed by atoms with Crippen LogP contribution in [0.1, 0.15) is 0 Å². The maximum atomic E-state index is 10.6. The summed E-state index contributed by atoms with van der Waals surface area (Å²) in [4.78, 5) is 12.5. The standard InChI is InChI=1S/C10H9Cl2NO2/c11-7-1-2-9(8(12)3-7)13-4-6(5-13)10(14)15/h1-3,6H,4-5H2,(H,14,15). The molecule has 0 saturated carbocycles. The maximum absolute atomic E-state index is 10.6. The maximum Gasteiger partial charge on any atom is 0.310 e. The third-order valence-electron chi connectivity index (χ3n) is 2.48. The van der Waals surface area contributed by atoms with Gasteiger partial charge in [-0.1, -0.05) is 23.2 Å². The van der Waals surface area contributed by atoms with E-state index in [1.807, 2.05) is 11.0 Å². The van der Waals surface area contributed by atoms with Crippen LogP contribution in [0.5, 0.6) is 0 Å². The molecule has 3 nitrogen and oxygen atoms in total. The van der Waals surface area contributed by atoms with E-state index in [1.165, 1.54) is 0 Å². The topological polar surface area (TPSA) is 40.5 Å². The van der Waals surface area contributed by atoms with Crippen molar-refractivity contribution in [3.63, 3.8) is 0 Å². The second-order valence-corrected chi connectivity index (χ2v) is 4.38. The predicted octanol–water partition coefficient (Wildman–Crippen LogP) is 2.51. The van der Waals surface area contributed by atoms with Crippen LogP contribution in [-0.4, -0.2) is 24.2 Å². The monoisotopic (exact) mass is 245 g/mol. The van der Waals surface area contributed by atoms with Gasteiger partial charge < -0.3 is 10.0 Å². The highest BCUT2D eigenvalue weighted by Crippen LogP contribution is 2.33. The SMILES string of the molecule is O=C(O)C1CN(c2ccc(Cl)cc2Cl)C1. The number of carboxylic acids is 1. The number of anilines is 1. The lowest BCUT2D eigenvalue weighted by atomic mass is 10.00. The van der Waals surface area contributed by atoms with Gasteiger partial charge in [-0.3, -0.25) is 4.79 Å². The lowest BCUT2D eigenvalue weighted by Crippen LogP contribution is -2.50. The number of hydrogen-bond acceptors (Lipinski definition) is 2. The lowest BCUT2D eigenvalue weighted by molar-refractivity contribution is -0.142. The molecule has 0 spiro atoms. The highest BCUT2D eigenvalue weighted by molar-refractivity contribution is 6.36. The van der Waals surface area contributed by atoms with E-state index < -0.39 is 5.97 Å². The average molecular weight is 246 g/mol. The van der Waals surface area contributed by atoms with Crippen LogP contribution in [0.15, 0.2) is 18.2 Å². The molecule has 1 aliphatic rings. The normalized spacial score (nSPS) is 16.3. The van der Waals surface area contributed by atoms with Gasteiger partial charge in [0, 0.05) is 18.1 Å². The molecule has 1 heterocycles. The summed E-state index contributed by atoms with van der Waals surface area (Å²) >= 11 is 11.8. The van der Waals surface area contributed by atoms with E-state index in [0.29, 0.717) is 23.1 Å². The van der Waals surface area contributed by atoms with E-state index in [2.05, 4.69) is 0 Å². The molecule has 15 heavy (non-hydrogen) atoms. The Labute approximate surface area is 97.2 Å². The molecular formula is C10H9Cl2NO2. The molecule has 0 unspecified atom stereocenters. The zero-order valence-electron chi connectivity index (χ0n) is 7.78. The highest BCUT2D eigenvalue weighted by Gasteiger charge is 2.33. The van der Waals surface area contributed by atoms with Gasteiger partial charge in [-0.15, -0.1) is 0 Å². The highest BCUT2D eigenvalue weighted by atomic mass is 35.5. The van der Waals surface area contributed by atoms with Crippen molar-refractivity contribution < 1.29 is 9.90 Å². The number of rotatable bonds is 2. The number of hydrogen-bond donors (Lipinski definition) is 1. The van der Waals surface area contributed by atoms with Crippen molar-refractivity contribution in [2.24, 2.45) is 5.92 Å². The van der Waals surface area contributed by atoms with E-state index in [9.17, 15) is 4.79 Å². The van der Waals surface area contributed by atoms with Gasteiger partial charge >= 0.3 is 5.97 Å². The van der Waals surface area contributed by atoms with Gasteiger partial charge in [-0.05, 0) is 18.2 Å². The second-order valence-electron chi connectivity index (χ2n) is 3.54. The Morgan fingerprint density at radius 2 is 2.07 bits per heavy atom. The molecule has 1 saturated heterocycles. The lowest BCUT2D eigenvalue weighted by Gasteiger charge is -2.39. The molecule has 5 heteroatoms. The summed E-state index contributed by atoms with van der Waals surface area (Å²) in [5, 5.41) is 9.87. The van der Waals surface area contributed by atoms with Gasteiger partial charge in [0.05, 0.1) is 16.6 Å². The fourth-order valence-electron chi connectivity index (χ4n) is 1.57. The molecule has 1 aliphatic heterocycles. The third kappa shape index (κ3) is 2.03. The Kier molecular flexibility index (Phi) is 2.76. The number of halogens is 2. The first-order valence-electron chi connectivity index (χ1n) is 4.50. The summed E-state index contributed by atoms with van der Waals surface area (Å²) in [6.45, 7) is 1.02. The Bertz CT molecular complexity index is 402. The minimum Gasteiger partial charge on any atom is -0.481 e. The number of benzene rings is 1. The first-order valence-corrected chi connectivity index (χ1v) is 5.26. The Balaban J connectivity index is 2.10. The van der Waals surface area contributed by atoms with Gasteiger partial charge in [0.25, 0.3) is 0 Å². The van der Waals surface area contributed by atoms with Crippen LogP contribution in [0.3, 0.4) is 0 Å². The number of carboxylic acid groups (broad SMARTS) is 1. The molecule has 0 radical (unpaired) electrons. The zero-order valence-corrected chi connectivity index (χ0v) is 9.29. The summed E-state index contributed by atoms with van der Waals surface area (Å²) in [6, 6.07) is 5.21. The van der Waals surface area contributed by atoms with Gasteiger partial charge in [0.15, 0.2) is 0 Å². The third-order valence-corrected chi connectivity index (χ3v) is 3.02. The van der Waals surface area contributed by atoms with Crippen LogP contribution in [0.4, 0.5) is 5.69 Å². The Hall–Kier alpha value is -0.930. The van der Waals surface area contributed by atoms with Gasteiger partial charge in [-0.2, -0.15) is 0 Å². The summed E-state index contributed by atoms with van der Waals surface area (Å²) < 4.78 is 0. The first kappa shape index (κ1) is 10.6. The van der Waals surface area contributed by atoms with Crippen LogP contribution < -0.4 is 4.90 Å². The quantitative estimate of drug-likeness (QED) is 0.871. The molecule has 0 aromatic heterocycles. The largest absolute Gasteiger partial charge is 0.481 e. The number of aliphatic carboxylic acids is 1. The van der Waals surface area contributed by atoms with Crippen molar-refractivity contribution in [2.45, 2.75) is 0 Å². The van der Waals surface area contributed by atoms with Gasteiger partial charge in [0.1, 0.15) is 0 Å². The van der Waals surface area contributed by atoms with Crippen molar-refractivity contribution in [2.75, 3.05) is 18.0 Å². The molecule has 0 aliphatic carbocycles. The van der Waals surface area contributed by atoms with Crippen LogP contribution in [-0.2, 0) is 4.79 Å². The van der Waals surface area contributed by atoms with Crippen molar-refractivity contribution in [3.8, 4) is 0 Å². The number of carbonyl (C=O) groups is 1. The molecule has 0 amide bonds. The molecule has 1 fully saturated rings. The molecule has 0 bridgehead atoms. The van der Waals surface area contributed by atoms with Crippen LogP contribution >= 0.6 is 23.2 Å². The molecule has 2 rings (SSSR count). The van der Waals surface area contributed by atoms with Crippen molar-refractivity contribution in [1.29, 1.82) is 0 Å². The second kappa shape index (κ2) is 3.91. The first-order chi connectivity index (χ1) is 7.08. The van der Waals surface area contributed by atoms with Crippen LogP contribution in [0.25, 0.3) is 0 Å². The molecular weight excluding hydrogens is 237 g/mol. The minimum atomic E-state index is -0.753. The summed E-state index contributed by atoms with van der Waals surface area (Å²) in [5.74, 6) is -1.03. The summed E-state index contributed by atoms with van der Waals surface area (Å²) in [7, 11) is 0. The van der Waals surface area contributed by atoms with E-state index in [0.717, 1.165) is 5.69 Å². The fourth-order valence-corrected chi connectivity index (χ4v) is 2.10. The van der Waals surface area contributed by atoms with Gasteiger partial charge in [-0.25, -0.2) is 0 Å². The van der Waals surface area contributed by atoms with E-state index in [4.69, 9.17) is 28.3 Å². The Morgan fingerprint density at radius 1 is 1.40 bits per heavy atom. The molecule has 1 aromatic rings.